The molecule has 1 N–H and O–H groups in total. The summed E-state index contributed by atoms with van der Waals surface area (Å²) in [5.41, 5.74) is -0.807. The van der Waals surface area contributed by atoms with Crippen LogP contribution in [0.3, 0.4) is 0 Å². The molecule has 0 spiro atoms. The van der Waals surface area contributed by atoms with Crippen LogP contribution in [0.5, 0.6) is 0 Å². The number of hydrogen-bond donors (Lipinski definition) is 1. The lowest BCUT2D eigenvalue weighted by Gasteiger charge is -2.30. The molecule has 0 aliphatic rings. The van der Waals surface area contributed by atoms with Gasteiger partial charge in [0.2, 0.25) is 0 Å². The van der Waals surface area contributed by atoms with Crippen molar-refractivity contribution in [2.24, 2.45) is 0 Å². The number of hydrogen-bond acceptors (Lipinski definition) is 4. The summed E-state index contributed by atoms with van der Waals surface area (Å²) in [4.78, 5) is 11.9. The highest BCUT2D eigenvalue weighted by molar-refractivity contribution is 5.80. The highest BCUT2D eigenvalue weighted by atomic mass is 19.3. The Bertz CT molecular complexity index is 262. The summed E-state index contributed by atoms with van der Waals surface area (Å²) in [6.45, 7) is 7.34. The maximum Gasteiger partial charge on any atom is 0.326 e. The average molecular weight is 281 g/mol. The summed E-state index contributed by atoms with van der Waals surface area (Å²) in [6, 6.07) is 0.122. The minimum absolute atomic E-state index is 0.122. The van der Waals surface area contributed by atoms with E-state index >= 15 is 0 Å². The van der Waals surface area contributed by atoms with Crippen molar-refractivity contribution in [3.8, 4) is 0 Å². The third-order valence-electron chi connectivity index (χ3n) is 2.54. The molecule has 0 saturated carbocycles. The van der Waals surface area contributed by atoms with Gasteiger partial charge in [-0.15, -0.1) is 0 Å². The Morgan fingerprint density at radius 2 is 2.00 bits per heavy atom. The Morgan fingerprint density at radius 3 is 2.47 bits per heavy atom. The fraction of sp³-hybridized carbons (Fsp3) is 0.923. The minimum Gasteiger partial charge on any atom is -0.465 e. The van der Waals surface area contributed by atoms with Crippen LogP contribution in [0.25, 0.3) is 0 Å². The van der Waals surface area contributed by atoms with Crippen LogP contribution in [0.15, 0.2) is 0 Å². The molecule has 0 aliphatic carbocycles. The molecule has 0 fully saturated rings. The second-order valence-electron chi connectivity index (χ2n) is 4.92. The molecule has 6 heteroatoms. The number of carbonyl (C=O) groups is 1. The quantitative estimate of drug-likeness (QED) is 0.493. The van der Waals surface area contributed by atoms with Gasteiger partial charge in [0.05, 0.1) is 6.61 Å². The van der Waals surface area contributed by atoms with Crippen molar-refractivity contribution in [2.45, 2.75) is 58.5 Å². The first-order valence-electron chi connectivity index (χ1n) is 6.62. The van der Waals surface area contributed by atoms with Crippen molar-refractivity contribution in [3.63, 3.8) is 0 Å². The zero-order valence-corrected chi connectivity index (χ0v) is 12.2. The van der Waals surface area contributed by atoms with Gasteiger partial charge in [-0.25, -0.2) is 8.78 Å². The monoisotopic (exact) mass is 281 g/mol. The number of halogens is 2. The van der Waals surface area contributed by atoms with Crippen molar-refractivity contribution in [1.29, 1.82) is 0 Å². The maximum absolute atomic E-state index is 11.9. The molecule has 114 valence electrons. The molecule has 1 unspecified atom stereocenters. The van der Waals surface area contributed by atoms with E-state index in [1.54, 1.807) is 13.8 Å². The highest BCUT2D eigenvalue weighted by Crippen LogP contribution is 2.16. The number of nitrogens with one attached hydrogen (secondary N) is 1. The highest BCUT2D eigenvalue weighted by Gasteiger charge is 2.34. The van der Waals surface area contributed by atoms with Crippen molar-refractivity contribution < 1.29 is 23.0 Å². The number of rotatable bonds is 10. The largest absolute Gasteiger partial charge is 0.465 e. The van der Waals surface area contributed by atoms with Gasteiger partial charge in [0.1, 0.15) is 12.1 Å². The molecule has 0 aromatic heterocycles. The molecular weight excluding hydrogens is 256 g/mol. The first-order chi connectivity index (χ1) is 8.81. The maximum atomic E-state index is 11.9. The van der Waals surface area contributed by atoms with Crippen LogP contribution >= 0.6 is 0 Å². The molecule has 0 rings (SSSR count). The van der Waals surface area contributed by atoms with Crippen LogP contribution in [-0.2, 0) is 14.3 Å². The number of ether oxygens (including phenoxy) is 2. The molecule has 0 radical (unpaired) electrons. The third kappa shape index (κ3) is 8.10. The predicted molar refractivity (Wildman–Crippen MR) is 69.4 cm³/mol. The second-order valence-corrected chi connectivity index (χ2v) is 4.92. The van der Waals surface area contributed by atoms with E-state index in [9.17, 15) is 13.6 Å². The van der Waals surface area contributed by atoms with Gasteiger partial charge in [0, 0.05) is 12.6 Å². The van der Waals surface area contributed by atoms with E-state index in [1.165, 1.54) is 0 Å². The lowest BCUT2D eigenvalue weighted by atomic mass is 9.95. The lowest BCUT2D eigenvalue weighted by molar-refractivity contribution is -0.151. The van der Waals surface area contributed by atoms with Gasteiger partial charge in [0.25, 0.3) is 6.43 Å². The summed E-state index contributed by atoms with van der Waals surface area (Å²) >= 11 is 0. The van der Waals surface area contributed by atoms with Crippen molar-refractivity contribution in [3.05, 3.63) is 0 Å². The number of alkyl halides is 2. The van der Waals surface area contributed by atoms with Crippen LogP contribution in [0.2, 0.25) is 0 Å². The number of esters is 1. The van der Waals surface area contributed by atoms with Gasteiger partial charge in [-0.3, -0.25) is 10.1 Å². The summed E-state index contributed by atoms with van der Waals surface area (Å²) in [5.74, 6) is -0.322. The SMILES string of the molecule is CCOC(=O)C(C)(CCCOCC(F)F)NC(C)C. The van der Waals surface area contributed by atoms with Crippen LogP contribution in [0.4, 0.5) is 8.78 Å². The van der Waals surface area contributed by atoms with E-state index < -0.39 is 18.6 Å². The molecule has 0 heterocycles. The van der Waals surface area contributed by atoms with Gasteiger partial charge in [0.15, 0.2) is 0 Å². The topological polar surface area (TPSA) is 47.6 Å². The second kappa shape index (κ2) is 9.20. The number of carbonyl (C=O) groups excluding carboxylic acids is 1. The van der Waals surface area contributed by atoms with E-state index in [0.717, 1.165) is 0 Å². The Kier molecular flexibility index (Phi) is 8.84. The van der Waals surface area contributed by atoms with Crippen LogP contribution in [0.1, 0.15) is 40.5 Å². The Morgan fingerprint density at radius 1 is 1.37 bits per heavy atom. The lowest BCUT2D eigenvalue weighted by Crippen LogP contribution is -2.53. The molecule has 1 atom stereocenters. The zero-order chi connectivity index (χ0) is 14.9. The van der Waals surface area contributed by atoms with Gasteiger partial charge >= 0.3 is 5.97 Å². The fourth-order valence-corrected chi connectivity index (χ4v) is 1.86. The van der Waals surface area contributed by atoms with Gasteiger partial charge in [-0.2, -0.15) is 0 Å². The van der Waals surface area contributed by atoms with E-state index in [0.29, 0.717) is 19.4 Å². The van der Waals surface area contributed by atoms with E-state index in [4.69, 9.17) is 9.47 Å². The van der Waals surface area contributed by atoms with E-state index in [-0.39, 0.29) is 18.6 Å². The predicted octanol–water partition coefficient (Wildman–Crippen LogP) is 2.37. The molecule has 0 amide bonds. The fourth-order valence-electron chi connectivity index (χ4n) is 1.86. The molecule has 19 heavy (non-hydrogen) atoms. The van der Waals surface area contributed by atoms with Crippen LogP contribution in [-0.4, -0.2) is 43.8 Å². The van der Waals surface area contributed by atoms with E-state index in [1.807, 2.05) is 13.8 Å². The summed E-state index contributed by atoms with van der Waals surface area (Å²) in [5, 5.41) is 3.16. The van der Waals surface area contributed by atoms with Crippen molar-refractivity contribution in [2.75, 3.05) is 19.8 Å². The molecule has 0 aromatic carbocycles. The normalized spacial score (nSPS) is 14.7. The Balaban J connectivity index is 4.23. The van der Waals surface area contributed by atoms with Crippen molar-refractivity contribution >= 4 is 5.97 Å². The Hall–Kier alpha value is -0.750. The molecule has 0 aliphatic heterocycles. The summed E-state index contributed by atoms with van der Waals surface area (Å²) in [6.07, 6.45) is -1.46. The van der Waals surface area contributed by atoms with Crippen LogP contribution < -0.4 is 5.32 Å². The minimum atomic E-state index is -2.45. The van der Waals surface area contributed by atoms with Gasteiger partial charge in [-0.1, -0.05) is 0 Å². The first kappa shape index (κ1) is 18.2. The molecular formula is C13H25F2NO3. The van der Waals surface area contributed by atoms with Gasteiger partial charge < -0.3 is 9.47 Å². The van der Waals surface area contributed by atoms with Crippen LogP contribution in [0, 0.1) is 0 Å². The average Bonchev–Trinajstić information content (AvgIpc) is 2.27. The molecule has 4 nitrogen and oxygen atoms in total. The zero-order valence-electron chi connectivity index (χ0n) is 12.2. The van der Waals surface area contributed by atoms with Gasteiger partial charge in [-0.05, 0) is 40.5 Å². The first-order valence-corrected chi connectivity index (χ1v) is 6.62. The van der Waals surface area contributed by atoms with Crippen molar-refractivity contribution in [1.82, 2.24) is 5.32 Å². The standard InChI is InChI=1S/C13H25F2NO3/c1-5-19-12(17)13(4,16-10(2)3)7-6-8-18-9-11(14)15/h10-11,16H,5-9H2,1-4H3. The van der Waals surface area contributed by atoms with E-state index in [2.05, 4.69) is 5.32 Å². The molecule has 0 aromatic rings. The smallest absolute Gasteiger partial charge is 0.326 e. The molecule has 0 bridgehead atoms. The third-order valence-corrected chi connectivity index (χ3v) is 2.54. The molecule has 0 saturated heterocycles. The Labute approximate surface area is 113 Å². The summed E-state index contributed by atoms with van der Waals surface area (Å²) < 4.78 is 33.6. The summed E-state index contributed by atoms with van der Waals surface area (Å²) in [7, 11) is 0.